The minimum Gasteiger partial charge on any atom is -0.444 e. The van der Waals surface area contributed by atoms with Crippen LogP contribution in [0.3, 0.4) is 0 Å². The van der Waals surface area contributed by atoms with E-state index in [1.54, 1.807) is 42.6 Å². The highest BCUT2D eigenvalue weighted by molar-refractivity contribution is 9.10. The molecule has 0 spiro atoms. The van der Waals surface area contributed by atoms with E-state index in [1.807, 2.05) is 0 Å². The summed E-state index contributed by atoms with van der Waals surface area (Å²) in [5.74, 6) is 0.627. The number of sulfonamides is 1. The van der Waals surface area contributed by atoms with Crippen LogP contribution in [0.15, 0.2) is 74.9 Å². The first-order valence-corrected chi connectivity index (χ1v) is 8.59. The largest absolute Gasteiger partial charge is 0.444 e. The van der Waals surface area contributed by atoms with E-state index in [2.05, 4.69) is 25.6 Å². The van der Waals surface area contributed by atoms with E-state index in [0.717, 1.165) is 10.0 Å². The number of hydrogen-bond donors (Lipinski definition) is 1. The fourth-order valence-corrected chi connectivity index (χ4v) is 3.21. The normalized spacial score (nSPS) is 11.3. The number of benzene rings is 2. The first-order valence-electron chi connectivity index (χ1n) is 6.32. The Morgan fingerprint density at radius 3 is 2.27 bits per heavy atom. The topological polar surface area (TPSA) is 72.2 Å². The standard InChI is InChI=1S/C15H11BrN2O3S/c16-12-3-7-14(8-4-12)22(19,20)18-13-5-1-11(2-6-13)15-9-17-10-21-15/h1-10,18H. The molecule has 0 amide bonds. The summed E-state index contributed by atoms with van der Waals surface area (Å²) < 4.78 is 33.1. The summed E-state index contributed by atoms with van der Waals surface area (Å²) in [4.78, 5) is 4.05. The molecule has 5 nitrogen and oxygen atoms in total. The Kier molecular flexibility index (Phi) is 4.00. The third-order valence-corrected chi connectivity index (χ3v) is 4.90. The highest BCUT2D eigenvalue weighted by Crippen LogP contribution is 2.23. The van der Waals surface area contributed by atoms with E-state index in [1.165, 1.54) is 18.5 Å². The van der Waals surface area contributed by atoms with E-state index >= 15 is 0 Å². The molecular formula is C15H11BrN2O3S. The molecule has 0 aliphatic carbocycles. The SMILES string of the molecule is O=S(=O)(Nc1ccc(-c2cnco2)cc1)c1ccc(Br)cc1. The van der Waals surface area contributed by atoms with Crippen LogP contribution in [0.2, 0.25) is 0 Å². The second-order valence-electron chi connectivity index (χ2n) is 4.50. The van der Waals surface area contributed by atoms with Crippen LogP contribution < -0.4 is 4.72 Å². The molecule has 0 bridgehead atoms. The summed E-state index contributed by atoms with van der Waals surface area (Å²) in [6.07, 6.45) is 2.94. The number of oxazole rings is 1. The fraction of sp³-hybridized carbons (Fsp3) is 0. The molecule has 22 heavy (non-hydrogen) atoms. The molecule has 1 N–H and O–H groups in total. The molecule has 0 unspecified atom stereocenters. The Labute approximate surface area is 136 Å². The molecule has 112 valence electrons. The zero-order valence-corrected chi connectivity index (χ0v) is 13.6. The lowest BCUT2D eigenvalue weighted by molar-refractivity contribution is 0.572. The summed E-state index contributed by atoms with van der Waals surface area (Å²) in [6.45, 7) is 0. The lowest BCUT2D eigenvalue weighted by Crippen LogP contribution is -2.12. The maximum atomic E-state index is 12.3. The summed E-state index contributed by atoms with van der Waals surface area (Å²) in [5, 5.41) is 0. The minimum atomic E-state index is -3.60. The number of anilines is 1. The zero-order valence-electron chi connectivity index (χ0n) is 11.2. The third-order valence-electron chi connectivity index (χ3n) is 2.98. The fourth-order valence-electron chi connectivity index (χ4n) is 1.89. The molecule has 3 aromatic rings. The van der Waals surface area contributed by atoms with E-state index in [0.29, 0.717) is 11.4 Å². The molecule has 0 atom stereocenters. The van der Waals surface area contributed by atoms with E-state index in [4.69, 9.17) is 4.42 Å². The predicted molar refractivity (Wildman–Crippen MR) is 86.9 cm³/mol. The number of nitrogens with zero attached hydrogens (tertiary/aromatic N) is 1. The van der Waals surface area contributed by atoms with Crippen LogP contribution in [0, 0.1) is 0 Å². The van der Waals surface area contributed by atoms with E-state index in [-0.39, 0.29) is 4.90 Å². The average Bonchev–Trinajstić information content (AvgIpc) is 3.02. The molecule has 0 radical (unpaired) electrons. The van der Waals surface area contributed by atoms with Gasteiger partial charge in [-0.05, 0) is 48.5 Å². The Morgan fingerprint density at radius 2 is 1.68 bits per heavy atom. The molecule has 0 aliphatic rings. The molecule has 7 heteroatoms. The number of rotatable bonds is 4. The van der Waals surface area contributed by atoms with Gasteiger partial charge in [-0.2, -0.15) is 0 Å². The molecule has 2 aromatic carbocycles. The lowest BCUT2D eigenvalue weighted by atomic mass is 10.2. The van der Waals surface area contributed by atoms with Gasteiger partial charge in [0, 0.05) is 15.7 Å². The van der Waals surface area contributed by atoms with Crippen molar-refractivity contribution in [3.63, 3.8) is 0 Å². The van der Waals surface area contributed by atoms with Gasteiger partial charge in [0.05, 0.1) is 11.1 Å². The van der Waals surface area contributed by atoms with Crippen LogP contribution in [0.25, 0.3) is 11.3 Å². The molecule has 0 saturated carbocycles. The number of hydrogen-bond acceptors (Lipinski definition) is 4. The summed E-state index contributed by atoms with van der Waals surface area (Å²) in [5.41, 5.74) is 1.30. The van der Waals surface area contributed by atoms with E-state index < -0.39 is 10.0 Å². The van der Waals surface area contributed by atoms with Crippen molar-refractivity contribution in [2.75, 3.05) is 4.72 Å². The maximum Gasteiger partial charge on any atom is 0.261 e. The van der Waals surface area contributed by atoms with Crippen molar-refractivity contribution in [2.24, 2.45) is 0 Å². The Hall–Kier alpha value is -2.12. The maximum absolute atomic E-state index is 12.3. The van der Waals surface area contributed by atoms with Gasteiger partial charge < -0.3 is 4.42 Å². The number of aromatic nitrogens is 1. The van der Waals surface area contributed by atoms with Crippen molar-refractivity contribution in [2.45, 2.75) is 4.90 Å². The van der Waals surface area contributed by atoms with Crippen LogP contribution in [0.1, 0.15) is 0 Å². The van der Waals surface area contributed by atoms with Gasteiger partial charge in [-0.25, -0.2) is 13.4 Å². The van der Waals surface area contributed by atoms with Crippen molar-refractivity contribution in [3.05, 3.63) is 65.6 Å². The van der Waals surface area contributed by atoms with Crippen LogP contribution in [-0.2, 0) is 10.0 Å². The quantitative estimate of drug-likeness (QED) is 0.746. The van der Waals surface area contributed by atoms with Crippen LogP contribution >= 0.6 is 15.9 Å². The minimum absolute atomic E-state index is 0.204. The van der Waals surface area contributed by atoms with Gasteiger partial charge in [0.1, 0.15) is 0 Å². The molecular weight excluding hydrogens is 368 g/mol. The zero-order chi connectivity index (χ0) is 15.6. The summed E-state index contributed by atoms with van der Waals surface area (Å²) >= 11 is 3.28. The monoisotopic (exact) mass is 378 g/mol. The summed E-state index contributed by atoms with van der Waals surface area (Å²) in [6, 6.07) is 13.3. The first kappa shape index (κ1) is 14.8. The predicted octanol–water partition coefficient (Wildman–Crippen LogP) is 3.90. The second-order valence-corrected chi connectivity index (χ2v) is 7.10. The van der Waals surface area contributed by atoms with E-state index in [9.17, 15) is 8.42 Å². The summed E-state index contributed by atoms with van der Waals surface area (Å²) in [7, 11) is -3.60. The van der Waals surface area contributed by atoms with Gasteiger partial charge in [-0.15, -0.1) is 0 Å². The van der Waals surface area contributed by atoms with Gasteiger partial charge in [0.2, 0.25) is 0 Å². The molecule has 0 aliphatic heterocycles. The van der Waals surface area contributed by atoms with Crippen LogP contribution in [-0.4, -0.2) is 13.4 Å². The highest BCUT2D eigenvalue weighted by Gasteiger charge is 2.14. The first-order chi connectivity index (χ1) is 10.5. The number of nitrogens with one attached hydrogen (secondary N) is 1. The van der Waals surface area contributed by atoms with Crippen molar-refractivity contribution in [1.82, 2.24) is 4.98 Å². The highest BCUT2D eigenvalue weighted by atomic mass is 79.9. The Bertz CT molecular complexity index is 858. The number of halogens is 1. The van der Waals surface area contributed by atoms with Crippen molar-refractivity contribution in [1.29, 1.82) is 0 Å². The molecule has 0 saturated heterocycles. The lowest BCUT2D eigenvalue weighted by Gasteiger charge is -2.08. The van der Waals surface area contributed by atoms with Gasteiger partial charge >= 0.3 is 0 Å². The molecule has 0 fully saturated rings. The van der Waals surface area contributed by atoms with Gasteiger partial charge in [-0.1, -0.05) is 15.9 Å². The van der Waals surface area contributed by atoms with Crippen molar-refractivity contribution in [3.8, 4) is 11.3 Å². The molecule has 1 aromatic heterocycles. The average molecular weight is 379 g/mol. The Balaban J connectivity index is 1.82. The molecule has 3 rings (SSSR count). The van der Waals surface area contributed by atoms with Crippen LogP contribution in [0.4, 0.5) is 5.69 Å². The second kappa shape index (κ2) is 5.94. The van der Waals surface area contributed by atoms with Gasteiger partial charge in [0.15, 0.2) is 12.2 Å². The Morgan fingerprint density at radius 1 is 1.00 bits per heavy atom. The van der Waals surface area contributed by atoms with Gasteiger partial charge in [-0.3, -0.25) is 4.72 Å². The van der Waals surface area contributed by atoms with Crippen LogP contribution in [0.5, 0.6) is 0 Å². The van der Waals surface area contributed by atoms with Gasteiger partial charge in [0.25, 0.3) is 10.0 Å². The van der Waals surface area contributed by atoms with Crippen molar-refractivity contribution >= 4 is 31.6 Å². The molecule has 1 heterocycles. The van der Waals surface area contributed by atoms with Crippen molar-refractivity contribution < 1.29 is 12.8 Å². The smallest absolute Gasteiger partial charge is 0.261 e. The third kappa shape index (κ3) is 3.20.